The molecule has 0 saturated carbocycles. The number of hydrogen-bond donors (Lipinski definition) is 1. The predicted molar refractivity (Wildman–Crippen MR) is 75.4 cm³/mol. The number of carbonyl (C=O) groups excluding carboxylic acids is 1. The number of rotatable bonds is 5. The van der Waals surface area contributed by atoms with Crippen molar-refractivity contribution in [1.82, 2.24) is 0 Å². The molecule has 0 aliphatic heterocycles. The summed E-state index contributed by atoms with van der Waals surface area (Å²) in [7, 11) is 0. The number of benzene rings is 1. The molecule has 0 bridgehead atoms. The van der Waals surface area contributed by atoms with Crippen molar-refractivity contribution in [1.29, 1.82) is 0 Å². The fourth-order valence-corrected chi connectivity index (χ4v) is 1.35. The summed E-state index contributed by atoms with van der Waals surface area (Å²) in [6.07, 6.45) is 0.871. The average Bonchev–Trinajstić information content (AvgIpc) is 2.34. The first-order valence-electron chi connectivity index (χ1n) is 6.53. The molecule has 0 amide bonds. The average molecular weight is 265 g/mol. The number of hydrogen-bond acceptors (Lipinski definition) is 4. The molecule has 0 heterocycles. The van der Waals surface area contributed by atoms with E-state index in [-0.39, 0.29) is 12.0 Å². The van der Waals surface area contributed by atoms with Crippen LogP contribution in [0, 0.1) is 0 Å². The second-order valence-corrected chi connectivity index (χ2v) is 5.51. The molecule has 19 heavy (non-hydrogen) atoms. The van der Waals surface area contributed by atoms with Gasteiger partial charge in [0.2, 0.25) is 0 Å². The van der Waals surface area contributed by atoms with Gasteiger partial charge < -0.3 is 15.2 Å². The lowest BCUT2D eigenvalue weighted by Crippen LogP contribution is -2.26. The van der Waals surface area contributed by atoms with Crippen molar-refractivity contribution in [2.45, 2.75) is 45.8 Å². The van der Waals surface area contributed by atoms with Crippen LogP contribution in [0.4, 0.5) is 0 Å². The third-order valence-corrected chi connectivity index (χ3v) is 2.48. The maximum atomic E-state index is 11.8. The molecule has 0 aliphatic carbocycles. The monoisotopic (exact) mass is 265 g/mol. The molecule has 0 spiro atoms. The van der Waals surface area contributed by atoms with Gasteiger partial charge in [-0.1, -0.05) is 6.92 Å². The highest BCUT2D eigenvalue weighted by molar-refractivity contribution is 5.89. The summed E-state index contributed by atoms with van der Waals surface area (Å²) in [5, 5.41) is 0. The fourth-order valence-electron chi connectivity index (χ4n) is 1.35. The Hall–Kier alpha value is -1.55. The first-order chi connectivity index (χ1) is 8.81. The van der Waals surface area contributed by atoms with Crippen molar-refractivity contribution in [2.24, 2.45) is 5.73 Å². The number of ether oxygens (including phenoxy) is 2. The van der Waals surface area contributed by atoms with Crippen LogP contribution < -0.4 is 10.5 Å². The largest absolute Gasteiger partial charge is 0.492 e. The number of carbonyl (C=O) groups is 1. The molecule has 1 aromatic carbocycles. The van der Waals surface area contributed by atoms with E-state index in [9.17, 15) is 4.79 Å². The highest BCUT2D eigenvalue weighted by Gasteiger charge is 2.17. The summed E-state index contributed by atoms with van der Waals surface area (Å²) >= 11 is 0. The molecule has 2 N–H and O–H groups in total. The molecule has 4 nitrogen and oxygen atoms in total. The lowest BCUT2D eigenvalue weighted by atomic mass is 10.1. The molecule has 106 valence electrons. The van der Waals surface area contributed by atoms with Crippen LogP contribution in [0.25, 0.3) is 0 Å². The normalized spacial score (nSPS) is 12.9. The molecule has 1 unspecified atom stereocenters. The first-order valence-corrected chi connectivity index (χ1v) is 6.53. The minimum Gasteiger partial charge on any atom is -0.492 e. The van der Waals surface area contributed by atoms with Gasteiger partial charge in [-0.25, -0.2) is 4.79 Å². The summed E-state index contributed by atoms with van der Waals surface area (Å²) in [6, 6.07) is 6.93. The van der Waals surface area contributed by atoms with E-state index in [4.69, 9.17) is 15.2 Å². The van der Waals surface area contributed by atoms with E-state index in [1.807, 2.05) is 27.7 Å². The lowest BCUT2D eigenvalue weighted by Gasteiger charge is -2.19. The van der Waals surface area contributed by atoms with E-state index in [0.717, 1.165) is 6.42 Å². The first kappa shape index (κ1) is 15.5. The van der Waals surface area contributed by atoms with Crippen molar-refractivity contribution in [3.8, 4) is 5.75 Å². The Labute approximate surface area is 114 Å². The van der Waals surface area contributed by atoms with E-state index < -0.39 is 5.60 Å². The van der Waals surface area contributed by atoms with E-state index in [2.05, 4.69) is 0 Å². The van der Waals surface area contributed by atoms with Crippen molar-refractivity contribution in [3.63, 3.8) is 0 Å². The van der Waals surface area contributed by atoms with Crippen LogP contribution in [0.15, 0.2) is 24.3 Å². The van der Waals surface area contributed by atoms with Crippen LogP contribution in [0.1, 0.15) is 44.5 Å². The third-order valence-electron chi connectivity index (χ3n) is 2.48. The fraction of sp³-hybridized carbons (Fsp3) is 0.533. The molecule has 0 aromatic heterocycles. The van der Waals surface area contributed by atoms with Crippen molar-refractivity contribution in [2.75, 3.05) is 6.61 Å². The summed E-state index contributed by atoms with van der Waals surface area (Å²) in [6.45, 7) is 8.01. The highest BCUT2D eigenvalue weighted by atomic mass is 16.6. The van der Waals surface area contributed by atoms with Crippen LogP contribution >= 0.6 is 0 Å². The van der Waals surface area contributed by atoms with Crippen LogP contribution in [0.5, 0.6) is 5.75 Å². The Balaban J connectivity index is 2.58. The molecular weight excluding hydrogens is 242 g/mol. The van der Waals surface area contributed by atoms with Gasteiger partial charge in [-0.2, -0.15) is 0 Å². The number of nitrogens with two attached hydrogens (primary N) is 1. The minimum absolute atomic E-state index is 0.0329. The van der Waals surface area contributed by atoms with Gasteiger partial charge in [0, 0.05) is 6.04 Å². The number of esters is 1. The Morgan fingerprint density at radius 2 is 1.84 bits per heavy atom. The van der Waals surface area contributed by atoms with Crippen molar-refractivity contribution < 1.29 is 14.3 Å². The van der Waals surface area contributed by atoms with Gasteiger partial charge in [-0.15, -0.1) is 0 Å². The maximum absolute atomic E-state index is 11.8. The van der Waals surface area contributed by atoms with Crippen molar-refractivity contribution >= 4 is 5.97 Å². The smallest absolute Gasteiger partial charge is 0.338 e. The third kappa shape index (κ3) is 5.75. The van der Waals surface area contributed by atoms with Crippen LogP contribution in [0.3, 0.4) is 0 Å². The zero-order valence-electron chi connectivity index (χ0n) is 12.1. The Morgan fingerprint density at radius 3 is 2.32 bits per heavy atom. The van der Waals surface area contributed by atoms with Gasteiger partial charge in [0.1, 0.15) is 18.0 Å². The standard InChI is InChI=1S/C15H23NO3/c1-5-12(16)10-18-13-8-6-11(7-9-13)14(17)19-15(2,3)4/h6-9,12H,5,10,16H2,1-4H3. The molecule has 1 atom stereocenters. The van der Waals surface area contributed by atoms with Gasteiger partial charge in [0.25, 0.3) is 0 Å². The summed E-state index contributed by atoms with van der Waals surface area (Å²) in [4.78, 5) is 11.8. The maximum Gasteiger partial charge on any atom is 0.338 e. The zero-order chi connectivity index (χ0) is 14.5. The minimum atomic E-state index is -0.486. The van der Waals surface area contributed by atoms with Gasteiger partial charge in [0.05, 0.1) is 5.56 Å². The van der Waals surface area contributed by atoms with Gasteiger partial charge >= 0.3 is 5.97 Å². The summed E-state index contributed by atoms with van der Waals surface area (Å²) in [5.74, 6) is 0.375. The van der Waals surface area contributed by atoms with Gasteiger partial charge in [0.15, 0.2) is 0 Å². The second kappa shape index (κ2) is 6.57. The zero-order valence-corrected chi connectivity index (χ0v) is 12.1. The molecule has 1 rings (SSSR count). The van der Waals surface area contributed by atoms with Gasteiger partial charge in [-0.05, 0) is 51.5 Å². The highest BCUT2D eigenvalue weighted by Crippen LogP contribution is 2.16. The summed E-state index contributed by atoms with van der Waals surface area (Å²) < 4.78 is 10.8. The Bertz CT molecular complexity index is 406. The van der Waals surface area contributed by atoms with Crippen LogP contribution in [-0.2, 0) is 4.74 Å². The molecule has 0 saturated heterocycles. The molecule has 0 aliphatic rings. The Kier molecular flexibility index (Phi) is 5.36. The Morgan fingerprint density at radius 1 is 1.26 bits per heavy atom. The van der Waals surface area contributed by atoms with Gasteiger partial charge in [-0.3, -0.25) is 0 Å². The molecule has 1 aromatic rings. The quantitative estimate of drug-likeness (QED) is 0.832. The second-order valence-electron chi connectivity index (χ2n) is 5.51. The molecule has 0 fully saturated rings. The summed E-state index contributed by atoms with van der Waals surface area (Å²) in [5.41, 5.74) is 5.80. The molecule has 0 radical (unpaired) electrons. The van der Waals surface area contributed by atoms with E-state index in [1.165, 1.54) is 0 Å². The van der Waals surface area contributed by atoms with Crippen molar-refractivity contribution in [3.05, 3.63) is 29.8 Å². The lowest BCUT2D eigenvalue weighted by molar-refractivity contribution is 0.00695. The van der Waals surface area contributed by atoms with Crippen LogP contribution in [-0.4, -0.2) is 24.2 Å². The molecule has 4 heteroatoms. The SMILES string of the molecule is CCC(N)COc1ccc(C(=O)OC(C)(C)C)cc1. The van der Waals surface area contributed by atoms with Crippen LogP contribution in [0.2, 0.25) is 0 Å². The van der Waals surface area contributed by atoms with E-state index in [0.29, 0.717) is 17.9 Å². The molecular formula is C15H23NO3. The van der Waals surface area contributed by atoms with E-state index in [1.54, 1.807) is 24.3 Å². The van der Waals surface area contributed by atoms with E-state index >= 15 is 0 Å². The topological polar surface area (TPSA) is 61.5 Å². The predicted octanol–water partition coefficient (Wildman–Crippen LogP) is 2.76.